The maximum Gasteiger partial charge on any atom is 0.248 e. The highest BCUT2D eigenvalue weighted by atomic mass is 32.2. The summed E-state index contributed by atoms with van der Waals surface area (Å²) in [4.78, 5) is 37.2. The largest absolute Gasteiger partial charge is 0.357 e. The van der Waals surface area contributed by atoms with Gasteiger partial charge < -0.3 is 10.6 Å². The van der Waals surface area contributed by atoms with Crippen molar-refractivity contribution < 1.29 is 19.6 Å². The van der Waals surface area contributed by atoms with Crippen LogP contribution in [0, 0.1) is 17.8 Å². The molecule has 3 amide bonds. The van der Waals surface area contributed by atoms with Gasteiger partial charge >= 0.3 is 0 Å². The number of rotatable bonds is 11. The number of hydroxylamine groups is 1. The number of nitrogens with one attached hydrogen (secondary N) is 3. The molecule has 0 saturated heterocycles. The summed E-state index contributed by atoms with van der Waals surface area (Å²) in [5, 5.41) is 16.4. The third-order valence-corrected chi connectivity index (χ3v) is 6.43. The summed E-state index contributed by atoms with van der Waals surface area (Å²) in [6.45, 7) is 5.75. The minimum absolute atomic E-state index is 0.168. The van der Waals surface area contributed by atoms with Crippen LogP contribution in [-0.2, 0) is 14.4 Å². The maximum absolute atomic E-state index is 12.9. The highest BCUT2D eigenvalue weighted by Gasteiger charge is 2.35. The first kappa shape index (κ1) is 23.5. The molecule has 4 N–H and O–H groups in total. The summed E-state index contributed by atoms with van der Waals surface area (Å²) in [5.74, 6) is -2.05. The first-order valence-corrected chi connectivity index (χ1v) is 10.8. The molecule has 0 radical (unpaired) electrons. The summed E-state index contributed by atoms with van der Waals surface area (Å²) in [6.07, 6.45) is 0.916. The average molecular weight is 416 g/mol. The van der Waals surface area contributed by atoms with Crippen molar-refractivity contribution >= 4 is 40.8 Å². The number of hydrogen-bond donors (Lipinski definition) is 4. The number of carbonyl (C=O) groups is 3. The van der Waals surface area contributed by atoms with Crippen molar-refractivity contribution in [3.8, 4) is 0 Å². The van der Waals surface area contributed by atoms with Crippen molar-refractivity contribution in [2.75, 3.05) is 12.8 Å². The fourth-order valence-corrected chi connectivity index (χ4v) is 4.74. The van der Waals surface area contributed by atoms with Crippen molar-refractivity contribution in [3.05, 3.63) is 17.5 Å². The molecule has 3 unspecified atom stereocenters. The Labute approximate surface area is 168 Å². The zero-order chi connectivity index (χ0) is 20.4. The smallest absolute Gasteiger partial charge is 0.248 e. The Morgan fingerprint density at radius 2 is 1.89 bits per heavy atom. The lowest BCUT2D eigenvalue weighted by Gasteiger charge is -2.27. The molecule has 152 valence electrons. The Hall–Kier alpha value is -1.58. The van der Waals surface area contributed by atoms with E-state index < -0.39 is 23.8 Å². The van der Waals surface area contributed by atoms with E-state index in [9.17, 15) is 19.6 Å². The number of likely N-dealkylation sites (N-methyl/N-ethyl adjacent to an activating group) is 1. The van der Waals surface area contributed by atoms with Gasteiger partial charge in [-0.3, -0.25) is 19.6 Å². The monoisotopic (exact) mass is 415 g/mol. The van der Waals surface area contributed by atoms with Gasteiger partial charge in [-0.15, -0.1) is 23.1 Å². The van der Waals surface area contributed by atoms with E-state index in [2.05, 4.69) is 10.6 Å². The van der Waals surface area contributed by atoms with Gasteiger partial charge in [0.25, 0.3) is 0 Å². The summed E-state index contributed by atoms with van der Waals surface area (Å²) in [6, 6.07) is 3.21. The van der Waals surface area contributed by atoms with E-state index in [-0.39, 0.29) is 17.7 Å². The van der Waals surface area contributed by atoms with Gasteiger partial charge in [-0.1, -0.05) is 26.8 Å². The lowest BCUT2D eigenvalue weighted by molar-refractivity contribution is -0.140. The lowest BCUT2D eigenvalue weighted by Crippen LogP contribution is -2.50. The Morgan fingerprint density at radius 1 is 1.19 bits per heavy atom. The number of amides is 3. The molecular weight excluding hydrogens is 386 g/mol. The van der Waals surface area contributed by atoms with E-state index in [0.29, 0.717) is 18.6 Å². The van der Waals surface area contributed by atoms with Gasteiger partial charge in [-0.25, -0.2) is 5.48 Å². The molecule has 1 heterocycles. The second-order valence-electron chi connectivity index (χ2n) is 6.65. The molecular formula is C18H29N3O4S2. The quantitative estimate of drug-likeness (QED) is 0.252. The van der Waals surface area contributed by atoms with Gasteiger partial charge in [-0.05, 0) is 30.2 Å². The normalized spacial score (nSPS) is 14.3. The maximum atomic E-state index is 12.9. The minimum atomic E-state index is -0.716. The highest BCUT2D eigenvalue weighted by Crippen LogP contribution is 2.31. The molecule has 0 aliphatic heterocycles. The van der Waals surface area contributed by atoms with Crippen molar-refractivity contribution in [2.45, 2.75) is 43.9 Å². The van der Waals surface area contributed by atoms with Crippen LogP contribution in [0.25, 0.3) is 0 Å². The summed E-state index contributed by atoms with van der Waals surface area (Å²) < 4.78 is 1.03. The molecule has 0 spiro atoms. The number of thiophene rings is 1. The van der Waals surface area contributed by atoms with E-state index in [0.717, 1.165) is 4.21 Å². The molecule has 0 aromatic carbocycles. The van der Waals surface area contributed by atoms with Crippen LogP contribution in [-0.4, -0.2) is 41.8 Å². The van der Waals surface area contributed by atoms with Crippen LogP contribution in [0.2, 0.25) is 0 Å². The Balaban J connectivity index is 2.99. The Morgan fingerprint density at radius 3 is 2.37 bits per heavy atom. The van der Waals surface area contributed by atoms with Crippen molar-refractivity contribution in [3.63, 3.8) is 0 Å². The van der Waals surface area contributed by atoms with Crippen LogP contribution in [0.5, 0.6) is 0 Å². The molecule has 9 heteroatoms. The van der Waals surface area contributed by atoms with Gasteiger partial charge in [0.15, 0.2) is 0 Å². The summed E-state index contributed by atoms with van der Waals surface area (Å²) in [7, 11) is 1.52. The zero-order valence-corrected chi connectivity index (χ0v) is 17.8. The van der Waals surface area contributed by atoms with E-state index >= 15 is 0 Å². The van der Waals surface area contributed by atoms with Crippen molar-refractivity contribution in [1.29, 1.82) is 0 Å². The Kier molecular flexibility index (Phi) is 10.4. The predicted octanol–water partition coefficient (Wildman–Crippen LogP) is 2.26. The molecule has 1 aromatic rings. The second-order valence-corrected chi connectivity index (χ2v) is 8.91. The van der Waals surface area contributed by atoms with Crippen LogP contribution in [0.3, 0.4) is 0 Å². The zero-order valence-electron chi connectivity index (χ0n) is 16.2. The molecule has 1 rings (SSSR count). The van der Waals surface area contributed by atoms with Crippen molar-refractivity contribution in [1.82, 2.24) is 16.1 Å². The highest BCUT2D eigenvalue weighted by molar-refractivity contribution is 8.01. The van der Waals surface area contributed by atoms with Gasteiger partial charge in [0.1, 0.15) is 6.04 Å². The average Bonchev–Trinajstić information content (AvgIpc) is 3.17. The molecule has 0 aliphatic carbocycles. The third kappa shape index (κ3) is 7.51. The predicted molar refractivity (Wildman–Crippen MR) is 108 cm³/mol. The van der Waals surface area contributed by atoms with E-state index in [1.807, 2.05) is 38.3 Å². The molecule has 0 fully saturated rings. The van der Waals surface area contributed by atoms with Crippen LogP contribution >= 0.6 is 23.1 Å². The first-order valence-electron chi connectivity index (χ1n) is 8.96. The molecule has 3 atom stereocenters. The fourth-order valence-electron chi connectivity index (χ4n) is 2.74. The second kappa shape index (κ2) is 12.0. The Bertz CT molecular complexity index is 608. The van der Waals surface area contributed by atoms with Gasteiger partial charge in [-0.2, -0.15) is 0 Å². The third-order valence-electron chi connectivity index (χ3n) is 4.18. The molecule has 0 saturated carbocycles. The SMILES string of the molecule is CCC(NC(=O)C(CC(C)C)C(CSc1cccs1)C(=O)NO)C(=O)NC. The van der Waals surface area contributed by atoms with E-state index in [1.165, 1.54) is 18.8 Å². The van der Waals surface area contributed by atoms with Gasteiger partial charge in [0, 0.05) is 12.8 Å². The van der Waals surface area contributed by atoms with Crippen LogP contribution in [0.1, 0.15) is 33.6 Å². The van der Waals surface area contributed by atoms with E-state index in [1.54, 1.807) is 16.8 Å². The number of hydrogen-bond acceptors (Lipinski definition) is 6. The summed E-state index contributed by atoms with van der Waals surface area (Å²) in [5.41, 5.74) is 1.70. The van der Waals surface area contributed by atoms with Crippen molar-refractivity contribution in [2.24, 2.45) is 17.8 Å². The number of thioether (sulfide) groups is 1. The molecule has 0 aliphatic rings. The molecule has 27 heavy (non-hydrogen) atoms. The number of carbonyl (C=O) groups excluding carboxylic acids is 3. The van der Waals surface area contributed by atoms with Crippen LogP contribution in [0.15, 0.2) is 21.7 Å². The summed E-state index contributed by atoms with van der Waals surface area (Å²) >= 11 is 3.03. The molecule has 0 bridgehead atoms. The minimum Gasteiger partial charge on any atom is -0.357 e. The molecule has 1 aromatic heterocycles. The standard InChI is InChI=1S/C18H29N3O4S2/c1-5-14(18(24)19-4)20-16(22)12(9-11(2)3)13(17(23)21-25)10-27-15-7-6-8-26-15/h6-8,11-14,25H,5,9-10H2,1-4H3,(H,19,24)(H,20,22)(H,21,23). The van der Waals surface area contributed by atoms with Gasteiger partial charge in [0.05, 0.1) is 16.0 Å². The van der Waals surface area contributed by atoms with Gasteiger partial charge in [0.2, 0.25) is 17.7 Å². The fraction of sp³-hybridized carbons (Fsp3) is 0.611. The lowest BCUT2D eigenvalue weighted by atomic mass is 9.85. The van der Waals surface area contributed by atoms with E-state index in [4.69, 9.17) is 0 Å². The first-order chi connectivity index (χ1) is 12.8. The molecule has 7 nitrogen and oxygen atoms in total. The van der Waals surface area contributed by atoms with Crippen LogP contribution < -0.4 is 16.1 Å². The topological polar surface area (TPSA) is 108 Å². The van der Waals surface area contributed by atoms with Crippen LogP contribution in [0.4, 0.5) is 0 Å².